The Bertz CT molecular complexity index is 914. The van der Waals surface area contributed by atoms with E-state index in [4.69, 9.17) is 5.73 Å². The van der Waals surface area contributed by atoms with Crippen molar-refractivity contribution in [1.29, 1.82) is 0 Å². The van der Waals surface area contributed by atoms with Crippen LogP contribution in [-0.2, 0) is 20.5 Å². The molecule has 7 nitrogen and oxygen atoms in total. The summed E-state index contributed by atoms with van der Waals surface area (Å²) in [6.07, 6.45) is -4.62. The van der Waals surface area contributed by atoms with Gasteiger partial charge in [0.25, 0.3) is 5.91 Å². The van der Waals surface area contributed by atoms with Crippen molar-refractivity contribution in [3.05, 3.63) is 59.4 Å². The van der Waals surface area contributed by atoms with E-state index in [1.807, 2.05) is 0 Å². The number of nitrogen functional groups attached to an aromatic ring is 1. The Labute approximate surface area is 161 Å². The second kappa shape index (κ2) is 9.04. The lowest BCUT2D eigenvalue weighted by Gasteiger charge is -2.11. The fraction of sp³-hybridized carbons (Fsp3) is 0.167. The number of carbonyl (C=O) groups is 3. The number of nitrogens with two attached hydrogens (primary N) is 1. The Morgan fingerprint density at radius 3 is 2.24 bits per heavy atom. The van der Waals surface area contributed by atoms with Gasteiger partial charge in [-0.25, -0.2) is 9.18 Å². The predicted molar refractivity (Wildman–Crippen MR) is 94.2 cm³/mol. The molecule has 0 spiro atoms. The van der Waals surface area contributed by atoms with Crippen LogP contribution in [0.5, 0.6) is 0 Å². The molecule has 2 rings (SSSR count). The number of alkyl halides is 3. The summed E-state index contributed by atoms with van der Waals surface area (Å²) in [6, 6.07) is 7.01. The first-order valence-electron chi connectivity index (χ1n) is 8.02. The van der Waals surface area contributed by atoms with Crippen LogP contribution in [0.1, 0.15) is 15.9 Å². The highest BCUT2D eigenvalue weighted by atomic mass is 19.4. The van der Waals surface area contributed by atoms with Crippen LogP contribution in [0.15, 0.2) is 42.5 Å². The van der Waals surface area contributed by atoms with E-state index in [9.17, 15) is 31.9 Å². The number of ether oxygens (including phenoxy) is 1. The zero-order chi connectivity index (χ0) is 21.6. The number of nitrogens with one attached hydrogen (secondary N) is 2. The summed E-state index contributed by atoms with van der Waals surface area (Å²) >= 11 is 0. The molecule has 0 aliphatic rings. The van der Waals surface area contributed by atoms with Gasteiger partial charge in [-0.2, -0.15) is 13.2 Å². The molecule has 0 atom stereocenters. The minimum atomic E-state index is -4.62. The number of hydrogen-bond acceptors (Lipinski definition) is 5. The highest BCUT2D eigenvalue weighted by Gasteiger charge is 2.31. The fourth-order valence-corrected chi connectivity index (χ4v) is 2.10. The number of anilines is 2. The Hall–Kier alpha value is -3.63. The molecule has 0 aliphatic heterocycles. The van der Waals surface area contributed by atoms with Crippen molar-refractivity contribution < 1.29 is 36.7 Å². The summed E-state index contributed by atoms with van der Waals surface area (Å²) in [7, 11) is 0. The maximum atomic E-state index is 12.8. The van der Waals surface area contributed by atoms with Crippen LogP contribution >= 0.6 is 0 Å². The number of benzene rings is 2. The summed E-state index contributed by atoms with van der Waals surface area (Å²) in [4.78, 5) is 35.2. The molecule has 0 saturated carbocycles. The molecular formula is C18H15F4N3O4. The van der Waals surface area contributed by atoms with Crippen LogP contribution in [-0.4, -0.2) is 30.9 Å². The molecule has 2 amide bonds. The first-order valence-corrected chi connectivity index (χ1v) is 8.02. The van der Waals surface area contributed by atoms with Crippen LogP contribution in [0.4, 0.5) is 28.9 Å². The molecule has 0 fully saturated rings. The highest BCUT2D eigenvalue weighted by molar-refractivity contribution is 5.97. The van der Waals surface area contributed by atoms with Crippen molar-refractivity contribution in [1.82, 2.24) is 5.32 Å². The molecule has 0 bridgehead atoms. The van der Waals surface area contributed by atoms with E-state index in [2.05, 4.69) is 15.4 Å². The molecule has 0 aromatic heterocycles. The lowest BCUT2D eigenvalue weighted by Crippen LogP contribution is -2.35. The molecular weight excluding hydrogens is 398 g/mol. The number of esters is 1. The van der Waals surface area contributed by atoms with Gasteiger partial charge in [-0.3, -0.25) is 9.59 Å². The fourth-order valence-electron chi connectivity index (χ4n) is 2.10. The third-order valence-electron chi connectivity index (χ3n) is 3.51. The molecule has 29 heavy (non-hydrogen) atoms. The van der Waals surface area contributed by atoms with Gasteiger partial charge in [-0.15, -0.1) is 0 Å². The Morgan fingerprint density at radius 2 is 1.66 bits per heavy atom. The van der Waals surface area contributed by atoms with Gasteiger partial charge in [-0.1, -0.05) is 0 Å². The SMILES string of the molecule is Nc1cc(C(F)(F)F)ccc1C(=O)OCC(=O)NCC(=O)Nc1ccc(F)cc1. The second-order valence-electron chi connectivity index (χ2n) is 5.71. The number of carbonyl (C=O) groups excluding carboxylic acids is 3. The van der Waals surface area contributed by atoms with Gasteiger partial charge >= 0.3 is 12.1 Å². The molecule has 0 radical (unpaired) electrons. The lowest BCUT2D eigenvalue weighted by atomic mass is 10.1. The summed E-state index contributed by atoms with van der Waals surface area (Å²) in [5, 5.41) is 4.59. The maximum Gasteiger partial charge on any atom is 0.416 e. The standard InChI is InChI=1S/C18H15F4N3O4/c19-11-2-4-12(5-3-11)25-15(26)8-24-16(27)9-29-17(28)13-6-1-10(7-14(13)23)18(20,21)22/h1-7H,8-9,23H2,(H,24,27)(H,25,26). The Morgan fingerprint density at radius 1 is 1.00 bits per heavy atom. The van der Waals surface area contributed by atoms with E-state index < -0.39 is 54.2 Å². The van der Waals surface area contributed by atoms with E-state index in [1.54, 1.807) is 0 Å². The van der Waals surface area contributed by atoms with Crippen LogP contribution < -0.4 is 16.4 Å². The smallest absolute Gasteiger partial charge is 0.416 e. The molecule has 2 aromatic rings. The predicted octanol–water partition coefficient (Wildman–Crippen LogP) is 2.34. The Kier molecular flexibility index (Phi) is 6.75. The topological polar surface area (TPSA) is 111 Å². The van der Waals surface area contributed by atoms with Gasteiger partial charge in [0, 0.05) is 11.4 Å². The lowest BCUT2D eigenvalue weighted by molar-refractivity contribution is -0.137. The van der Waals surface area contributed by atoms with Gasteiger partial charge in [0.1, 0.15) is 5.82 Å². The summed E-state index contributed by atoms with van der Waals surface area (Å²) in [5.41, 5.74) is 3.92. The van der Waals surface area contributed by atoms with Crippen molar-refractivity contribution in [2.75, 3.05) is 24.2 Å². The third-order valence-corrected chi connectivity index (χ3v) is 3.51. The first-order chi connectivity index (χ1) is 13.6. The maximum absolute atomic E-state index is 12.8. The molecule has 0 saturated heterocycles. The van der Waals surface area contributed by atoms with Gasteiger partial charge in [0.2, 0.25) is 5.91 Å². The van der Waals surface area contributed by atoms with Crippen LogP contribution in [0.25, 0.3) is 0 Å². The van der Waals surface area contributed by atoms with Crippen molar-refractivity contribution in [2.24, 2.45) is 0 Å². The van der Waals surface area contributed by atoms with Crippen LogP contribution in [0, 0.1) is 5.82 Å². The molecule has 0 heterocycles. The van der Waals surface area contributed by atoms with Gasteiger partial charge in [-0.05, 0) is 42.5 Å². The minimum absolute atomic E-state index is 0.315. The van der Waals surface area contributed by atoms with E-state index >= 15 is 0 Å². The molecule has 0 aliphatic carbocycles. The first kappa shape index (κ1) is 21.7. The summed E-state index contributed by atoms with van der Waals surface area (Å²) in [6.45, 7) is -1.22. The van der Waals surface area contributed by atoms with E-state index in [1.165, 1.54) is 12.1 Å². The molecule has 2 aromatic carbocycles. The third kappa shape index (κ3) is 6.48. The van der Waals surface area contributed by atoms with Crippen molar-refractivity contribution >= 4 is 29.2 Å². The minimum Gasteiger partial charge on any atom is -0.452 e. The normalized spacial score (nSPS) is 10.9. The Balaban J connectivity index is 1.80. The largest absolute Gasteiger partial charge is 0.452 e. The zero-order valence-electron chi connectivity index (χ0n) is 14.7. The highest BCUT2D eigenvalue weighted by Crippen LogP contribution is 2.31. The van der Waals surface area contributed by atoms with Gasteiger partial charge in [0.05, 0.1) is 17.7 Å². The number of hydrogen-bond donors (Lipinski definition) is 3. The van der Waals surface area contributed by atoms with Crippen molar-refractivity contribution in [2.45, 2.75) is 6.18 Å². The molecule has 0 unspecified atom stereocenters. The monoisotopic (exact) mass is 413 g/mol. The van der Waals surface area contributed by atoms with Gasteiger partial charge in [0.15, 0.2) is 6.61 Å². The van der Waals surface area contributed by atoms with Crippen molar-refractivity contribution in [3.8, 4) is 0 Å². The molecule has 11 heteroatoms. The quantitative estimate of drug-likeness (QED) is 0.383. The molecule has 4 N–H and O–H groups in total. The number of rotatable bonds is 6. The average molecular weight is 413 g/mol. The summed E-state index contributed by atoms with van der Waals surface area (Å²) in [5.74, 6) is -3.00. The van der Waals surface area contributed by atoms with E-state index in [0.29, 0.717) is 17.8 Å². The second-order valence-corrected chi connectivity index (χ2v) is 5.71. The van der Waals surface area contributed by atoms with Gasteiger partial charge < -0.3 is 21.1 Å². The van der Waals surface area contributed by atoms with Crippen LogP contribution in [0.2, 0.25) is 0 Å². The molecule has 154 valence electrons. The van der Waals surface area contributed by atoms with Crippen LogP contribution in [0.3, 0.4) is 0 Å². The van der Waals surface area contributed by atoms with Crippen molar-refractivity contribution in [3.63, 3.8) is 0 Å². The summed E-state index contributed by atoms with van der Waals surface area (Å²) < 4.78 is 55.2. The van der Waals surface area contributed by atoms with E-state index in [0.717, 1.165) is 18.2 Å². The number of amides is 2. The zero-order valence-corrected chi connectivity index (χ0v) is 14.7. The average Bonchev–Trinajstić information content (AvgIpc) is 2.65. The number of halogens is 4. The van der Waals surface area contributed by atoms with E-state index in [-0.39, 0.29) is 5.56 Å².